The van der Waals surface area contributed by atoms with Crippen molar-refractivity contribution in [1.29, 1.82) is 0 Å². The average Bonchev–Trinajstić information content (AvgIpc) is 3.33. The summed E-state index contributed by atoms with van der Waals surface area (Å²) in [5, 5.41) is 1.68. The van der Waals surface area contributed by atoms with Crippen LogP contribution in [-0.4, -0.2) is 44.9 Å². The fraction of sp³-hybridized carbons (Fsp3) is 0.294. The number of nitrogens with zero attached hydrogens (tertiary/aromatic N) is 1. The Hall–Kier alpha value is -2.39. The van der Waals surface area contributed by atoms with E-state index in [0.29, 0.717) is 18.8 Å². The minimum Gasteiger partial charge on any atom is -0.452 e. The molecule has 26 heavy (non-hydrogen) atoms. The summed E-state index contributed by atoms with van der Waals surface area (Å²) in [6.45, 7) is 1.12. The summed E-state index contributed by atoms with van der Waals surface area (Å²) in [5.41, 5.74) is 0.585. The van der Waals surface area contributed by atoms with Gasteiger partial charge in [0.25, 0.3) is 15.9 Å². The highest BCUT2D eigenvalue weighted by Crippen LogP contribution is 2.20. The number of nitrogens with one attached hydrogen (secondary N) is 1. The van der Waals surface area contributed by atoms with Crippen molar-refractivity contribution >= 4 is 38.9 Å². The number of carbonyl (C=O) groups is 2. The summed E-state index contributed by atoms with van der Waals surface area (Å²) in [7, 11) is -3.63. The molecule has 0 aliphatic carbocycles. The van der Waals surface area contributed by atoms with Gasteiger partial charge in [0.15, 0.2) is 6.61 Å². The van der Waals surface area contributed by atoms with Crippen molar-refractivity contribution < 1.29 is 22.7 Å². The van der Waals surface area contributed by atoms with E-state index in [1.165, 1.54) is 30.3 Å². The highest BCUT2D eigenvalue weighted by molar-refractivity contribution is 7.94. The lowest BCUT2D eigenvalue weighted by Crippen LogP contribution is -2.32. The molecule has 0 saturated carbocycles. The van der Waals surface area contributed by atoms with E-state index in [1.807, 2.05) is 0 Å². The highest BCUT2D eigenvalue weighted by atomic mass is 32.2. The molecular formula is C17H18N2O5S2. The third-order valence-corrected chi connectivity index (χ3v) is 6.70. The summed E-state index contributed by atoms with van der Waals surface area (Å²) >= 11 is 1.12. The van der Waals surface area contributed by atoms with Crippen molar-refractivity contribution in [2.75, 3.05) is 24.4 Å². The molecule has 7 nitrogen and oxygen atoms in total. The van der Waals surface area contributed by atoms with E-state index >= 15 is 0 Å². The van der Waals surface area contributed by atoms with Crippen molar-refractivity contribution in [3.63, 3.8) is 0 Å². The lowest BCUT2D eigenvalue weighted by Gasteiger charge is -2.15. The third kappa shape index (κ3) is 4.41. The van der Waals surface area contributed by atoms with E-state index in [4.69, 9.17) is 4.74 Å². The van der Waals surface area contributed by atoms with Gasteiger partial charge in [0, 0.05) is 18.8 Å². The molecule has 1 aliphatic heterocycles. The molecule has 0 spiro atoms. The van der Waals surface area contributed by atoms with Gasteiger partial charge < -0.3 is 9.64 Å². The SMILES string of the molecule is O=C(OCC(=O)N1CCCC1)c1ccc(NS(=O)(=O)c2cccs2)cc1. The van der Waals surface area contributed by atoms with Crippen LogP contribution in [0.1, 0.15) is 23.2 Å². The van der Waals surface area contributed by atoms with Crippen LogP contribution in [-0.2, 0) is 19.6 Å². The van der Waals surface area contributed by atoms with Gasteiger partial charge in [0.05, 0.1) is 5.56 Å². The molecule has 1 N–H and O–H groups in total. The van der Waals surface area contributed by atoms with Crippen LogP contribution in [0.2, 0.25) is 0 Å². The summed E-state index contributed by atoms with van der Waals surface area (Å²) in [6, 6.07) is 9.02. The molecular weight excluding hydrogens is 376 g/mol. The predicted octanol–water partition coefficient (Wildman–Crippen LogP) is 2.33. The van der Waals surface area contributed by atoms with Crippen LogP contribution in [0, 0.1) is 0 Å². The van der Waals surface area contributed by atoms with Crippen LogP contribution in [0.5, 0.6) is 0 Å². The van der Waals surface area contributed by atoms with E-state index in [9.17, 15) is 18.0 Å². The van der Waals surface area contributed by atoms with Gasteiger partial charge >= 0.3 is 5.97 Å². The smallest absolute Gasteiger partial charge is 0.338 e. The van der Waals surface area contributed by atoms with Gasteiger partial charge in [-0.05, 0) is 48.6 Å². The van der Waals surface area contributed by atoms with Crippen LogP contribution in [0.4, 0.5) is 5.69 Å². The van der Waals surface area contributed by atoms with Crippen LogP contribution in [0.15, 0.2) is 46.0 Å². The van der Waals surface area contributed by atoms with Crippen molar-refractivity contribution in [2.45, 2.75) is 17.1 Å². The van der Waals surface area contributed by atoms with Crippen molar-refractivity contribution in [3.05, 3.63) is 47.3 Å². The number of sulfonamides is 1. The van der Waals surface area contributed by atoms with Gasteiger partial charge in [0.1, 0.15) is 4.21 Å². The first-order valence-electron chi connectivity index (χ1n) is 8.07. The second-order valence-electron chi connectivity index (χ2n) is 5.78. The Morgan fingerprint density at radius 2 is 1.81 bits per heavy atom. The first-order chi connectivity index (χ1) is 12.5. The first kappa shape index (κ1) is 18.4. The minimum atomic E-state index is -3.63. The quantitative estimate of drug-likeness (QED) is 0.759. The molecule has 2 aromatic rings. The van der Waals surface area contributed by atoms with Gasteiger partial charge in [-0.25, -0.2) is 13.2 Å². The molecule has 0 atom stereocenters. The van der Waals surface area contributed by atoms with Crippen molar-refractivity contribution in [3.8, 4) is 0 Å². The summed E-state index contributed by atoms with van der Waals surface area (Å²) in [6.07, 6.45) is 1.95. The molecule has 1 aromatic heterocycles. The molecule has 1 amide bonds. The molecule has 1 aliphatic rings. The maximum Gasteiger partial charge on any atom is 0.338 e. The van der Waals surface area contributed by atoms with Gasteiger partial charge in [-0.3, -0.25) is 9.52 Å². The predicted molar refractivity (Wildman–Crippen MR) is 97.7 cm³/mol. The number of benzene rings is 1. The van der Waals surface area contributed by atoms with Crippen molar-refractivity contribution in [2.24, 2.45) is 0 Å². The molecule has 9 heteroatoms. The number of amides is 1. The van der Waals surface area contributed by atoms with Gasteiger partial charge in [0.2, 0.25) is 0 Å². The fourth-order valence-corrected chi connectivity index (χ4v) is 4.62. The Morgan fingerprint density at radius 3 is 2.42 bits per heavy atom. The van der Waals surface area contributed by atoms with E-state index < -0.39 is 16.0 Å². The number of anilines is 1. The zero-order valence-corrected chi connectivity index (χ0v) is 15.5. The Labute approximate surface area is 155 Å². The maximum absolute atomic E-state index is 12.2. The number of thiophene rings is 1. The number of hydrogen-bond acceptors (Lipinski definition) is 6. The lowest BCUT2D eigenvalue weighted by molar-refractivity contribution is -0.133. The minimum absolute atomic E-state index is 0.198. The zero-order valence-electron chi connectivity index (χ0n) is 13.9. The monoisotopic (exact) mass is 394 g/mol. The Kier molecular flexibility index (Phi) is 5.58. The summed E-state index contributed by atoms with van der Waals surface area (Å²) in [4.78, 5) is 25.6. The highest BCUT2D eigenvalue weighted by Gasteiger charge is 2.20. The second kappa shape index (κ2) is 7.88. The van der Waals surface area contributed by atoms with Crippen LogP contribution >= 0.6 is 11.3 Å². The normalized spacial score (nSPS) is 14.2. The topological polar surface area (TPSA) is 92.8 Å². The summed E-state index contributed by atoms with van der Waals surface area (Å²) < 4.78 is 32.0. The van der Waals surface area contributed by atoms with E-state index in [1.54, 1.807) is 16.3 Å². The van der Waals surface area contributed by atoms with E-state index in [2.05, 4.69) is 4.72 Å². The molecule has 0 radical (unpaired) electrons. The number of ether oxygens (including phenoxy) is 1. The molecule has 1 fully saturated rings. The van der Waals surface area contributed by atoms with E-state index in [0.717, 1.165) is 24.2 Å². The van der Waals surface area contributed by atoms with Crippen molar-refractivity contribution in [1.82, 2.24) is 4.90 Å². The molecule has 138 valence electrons. The van der Waals surface area contributed by atoms with Crippen LogP contribution in [0.3, 0.4) is 0 Å². The molecule has 0 unspecified atom stereocenters. The Balaban J connectivity index is 1.56. The van der Waals surface area contributed by atoms with Gasteiger partial charge in [-0.15, -0.1) is 11.3 Å². The third-order valence-electron chi connectivity index (χ3n) is 3.92. The average molecular weight is 394 g/mol. The lowest BCUT2D eigenvalue weighted by atomic mass is 10.2. The van der Waals surface area contributed by atoms with Crippen LogP contribution < -0.4 is 4.72 Å². The number of carbonyl (C=O) groups excluding carboxylic acids is 2. The maximum atomic E-state index is 12.2. The standard InChI is InChI=1S/C17H18N2O5S2/c20-15(19-9-1-2-10-19)12-24-17(21)13-5-7-14(8-6-13)18-26(22,23)16-4-3-11-25-16/h3-8,11,18H,1-2,9-10,12H2. The Bertz CT molecular complexity index is 870. The number of esters is 1. The molecule has 2 heterocycles. The largest absolute Gasteiger partial charge is 0.452 e. The number of likely N-dealkylation sites (tertiary alicyclic amines) is 1. The van der Waals surface area contributed by atoms with Gasteiger partial charge in [-0.2, -0.15) is 0 Å². The Morgan fingerprint density at radius 1 is 1.12 bits per heavy atom. The van der Waals surface area contributed by atoms with E-state index in [-0.39, 0.29) is 22.3 Å². The number of rotatable bonds is 6. The number of hydrogen-bond donors (Lipinski definition) is 1. The molecule has 3 rings (SSSR count). The van der Waals surface area contributed by atoms with Crippen LogP contribution in [0.25, 0.3) is 0 Å². The summed E-state index contributed by atoms with van der Waals surface area (Å²) in [5.74, 6) is -0.818. The zero-order chi connectivity index (χ0) is 18.6. The van der Waals surface area contributed by atoms with Gasteiger partial charge in [-0.1, -0.05) is 6.07 Å². The first-order valence-corrected chi connectivity index (χ1v) is 10.4. The molecule has 1 aromatic carbocycles. The molecule has 0 bridgehead atoms. The second-order valence-corrected chi connectivity index (χ2v) is 8.64. The fourth-order valence-electron chi connectivity index (χ4n) is 2.56. The molecule has 1 saturated heterocycles.